The molecule has 2 aromatic rings. The van der Waals surface area contributed by atoms with Gasteiger partial charge in [-0.3, -0.25) is 9.97 Å². The summed E-state index contributed by atoms with van der Waals surface area (Å²) in [5.41, 5.74) is 4.15. The maximum Gasteiger partial charge on any atom is 0.148 e. The summed E-state index contributed by atoms with van der Waals surface area (Å²) in [5, 5.41) is 3.28. The largest absolute Gasteiger partial charge is 0.369 e. The van der Waals surface area contributed by atoms with E-state index in [1.54, 1.807) is 12.4 Å². The summed E-state index contributed by atoms with van der Waals surface area (Å²) >= 11 is 0. The molecule has 0 aliphatic heterocycles. The maximum atomic E-state index is 4.64. The van der Waals surface area contributed by atoms with Crippen LogP contribution in [0.4, 0.5) is 5.82 Å². The highest BCUT2D eigenvalue weighted by Gasteiger charge is 2.09. The molecule has 0 saturated carbocycles. The van der Waals surface area contributed by atoms with Gasteiger partial charge in [-0.25, -0.2) is 4.98 Å². The highest BCUT2D eigenvalue weighted by molar-refractivity contribution is 5.44. The van der Waals surface area contributed by atoms with Gasteiger partial charge in [0.05, 0.1) is 17.1 Å². The third-order valence-corrected chi connectivity index (χ3v) is 2.84. The maximum absolute atomic E-state index is 4.64. The monoisotopic (exact) mass is 242 g/mol. The number of rotatable bonds is 4. The van der Waals surface area contributed by atoms with E-state index in [0.717, 1.165) is 35.9 Å². The summed E-state index contributed by atoms with van der Waals surface area (Å²) in [5.74, 6) is 0.886. The Morgan fingerprint density at radius 1 is 1.06 bits per heavy atom. The second-order valence-corrected chi connectivity index (χ2v) is 4.25. The molecule has 0 amide bonds. The molecule has 0 aliphatic rings. The van der Waals surface area contributed by atoms with Crippen molar-refractivity contribution in [1.82, 2.24) is 15.0 Å². The highest BCUT2D eigenvalue weighted by Crippen LogP contribution is 2.16. The lowest BCUT2D eigenvalue weighted by atomic mass is 10.1. The first-order chi connectivity index (χ1) is 8.70. The van der Waals surface area contributed by atoms with Gasteiger partial charge in [-0.05, 0) is 38.5 Å². The number of hydrogen-bond donors (Lipinski definition) is 1. The molecule has 1 N–H and O–H groups in total. The fourth-order valence-electron chi connectivity index (χ4n) is 1.78. The number of nitrogens with zero attached hydrogens (tertiary/aromatic N) is 3. The molecule has 18 heavy (non-hydrogen) atoms. The van der Waals surface area contributed by atoms with E-state index in [1.165, 1.54) is 5.56 Å². The van der Waals surface area contributed by atoms with Crippen LogP contribution >= 0.6 is 0 Å². The van der Waals surface area contributed by atoms with Crippen molar-refractivity contribution >= 4 is 5.82 Å². The number of nitrogens with one attached hydrogen (secondary N) is 1. The van der Waals surface area contributed by atoms with Crippen LogP contribution in [-0.4, -0.2) is 21.5 Å². The zero-order valence-corrected chi connectivity index (χ0v) is 11.1. The first-order valence-corrected chi connectivity index (χ1v) is 6.17. The van der Waals surface area contributed by atoms with E-state index >= 15 is 0 Å². The third-order valence-electron chi connectivity index (χ3n) is 2.84. The fraction of sp³-hybridized carbons (Fsp3) is 0.357. The lowest BCUT2D eigenvalue weighted by Crippen LogP contribution is -2.09. The number of pyridine rings is 1. The zero-order valence-electron chi connectivity index (χ0n) is 11.1. The van der Waals surface area contributed by atoms with Gasteiger partial charge in [-0.1, -0.05) is 0 Å². The van der Waals surface area contributed by atoms with Crippen molar-refractivity contribution in [1.29, 1.82) is 0 Å². The van der Waals surface area contributed by atoms with Crippen LogP contribution in [0.1, 0.15) is 29.6 Å². The summed E-state index contributed by atoms with van der Waals surface area (Å²) in [6, 6.07) is 4.01. The van der Waals surface area contributed by atoms with Crippen molar-refractivity contribution in [2.75, 3.05) is 11.9 Å². The van der Waals surface area contributed by atoms with E-state index in [4.69, 9.17) is 0 Å². The van der Waals surface area contributed by atoms with E-state index in [1.807, 2.05) is 26.0 Å². The van der Waals surface area contributed by atoms with Crippen LogP contribution in [0.2, 0.25) is 0 Å². The van der Waals surface area contributed by atoms with Crippen molar-refractivity contribution < 1.29 is 0 Å². The summed E-state index contributed by atoms with van der Waals surface area (Å²) < 4.78 is 0. The minimum absolute atomic E-state index is 0.777. The van der Waals surface area contributed by atoms with Crippen LogP contribution in [0.15, 0.2) is 24.5 Å². The molecule has 0 bridgehead atoms. The van der Waals surface area contributed by atoms with Gasteiger partial charge in [0, 0.05) is 25.4 Å². The van der Waals surface area contributed by atoms with Crippen LogP contribution < -0.4 is 5.32 Å². The molecule has 2 aromatic heterocycles. The van der Waals surface area contributed by atoms with Crippen LogP contribution in [0.25, 0.3) is 0 Å². The Hall–Kier alpha value is -1.97. The molecular formula is C14H18N4. The van der Waals surface area contributed by atoms with Crippen LogP contribution in [0.3, 0.4) is 0 Å². The topological polar surface area (TPSA) is 50.7 Å². The lowest BCUT2D eigenvalue weighted by Gasteiger charge is -2.11. The molecule has 0 atom stereocenters. The van der Waals surface area contributed by atoms with Crippen LogP contribution in [-0.2, 0) is 6.42 Å². The quantitative estimate of drug-likeness (QED) is 0.895. The van der Waals surface area contributed by atoms with Crippen LogP contribution in [0, 0.1) is 13.8 Å². The first-order valence-electron chi connectivity index (χ1n) is 6.17. The molecule has 94 valence electrons. The van der Waals surface area contributed by atoms with E-state index in [2.05, 4.69) is 27.2 Å². The number of aryl methyl sites for hydroxylation is 2. The Morgan fingerprint density at radius 2 is 1.72 bits per heavy atom. The van der Waals surface area contributed by atoms with Crippen molar-refractivity contribution in [3.63, 3.8) is 0 Å². The van der Waals surface area contributed by atoms with Gasteiger partial charge in [0.1, 0.15) is 5.82 Å². The Kier molecular flexibility index (Phi) is 3.87. The number of anilines is 1. The molecule has 4 nitrogen and oxygen atoms in total. The van der Waals surface area contributed by atoms with Gasteiger partial charge in [-0.2, -0.15) is 0 Å². The molecular weight excluding hydrogens is 224 g/mol. The Balaban J connectivity index is 2.33. The molecule has 0 aliphatic carbocycles. The van der Waals surface area contributed by atoms with E-state index in [9.17, 15) is 0 Å². The van der Waals surface area contributed by atoms with Crippen molar-refractivity contribution in [3.8, 4) is 0 Å². The van der Waals surface area contributed by atoms with Crippen molar-refractivity contribution in [2.24, 2.45) is 0 Å². The van der Waals surface area contributed by atoms with Gasteiger partial charge in [0.2, 0.25) is 0 Å². The number of aromatic nitrogens is 3. The minimum atomic E-state index is 0.777. The summed E-state index contributed by atoms with van der Waals surface area (Å²) in [7, 11) is 0. The molecule has 0 radical (unpaired) electrons. The van der Waals surface area contributed by atoms with Gasteiger partial charge >= 0.3 is 0 Å². The first kappa shape index (κ1) is 12.5. The normalized spacial score (nSPS) is 10.4. The number of hydrogen-bond acceptors (Lipinski definition) is 4. The molecule has 0 spiro atoms. The van der Waals surface area contributed by atoms with Gasteiger partial charge < -0.3 is 5.32 Å². The molecule has 0 fully saturated rings. The molecule has 4 heteroatoms. The lowest BCUT2D eigenvalue weighted by molar-refractivity contribution is 0.949. The van der Waals surface area contributed by atoms with E-state index in [0.29, 0.717) is 0 Å². The minimum Gasteiger partial charge on any atom is -0.369 e. The second-order valence-electron chi connectivity index (χ2n) is 4.25. The van der Waals surface area contributed by atoms with E-state index < -0.39 is 0 Å². The van der Waals surface area contributed by atoms with Gasteiger partial charge in [-0.15, -0.1) is 0 Å². The molecule has 0 unspecified atom stereocenters. The molecule has 0 saturated heterocycles. The Bertz CT molecular complexity index is 523. The fourth-order valence-corrected chi connectivity index (χ4v) is 1.78. The van der Waals surface area contributed by atoms with Crippen molar-refractivity contribution in [2.45, 2.75) is 27.2 Å². The predicted molar refractivity (Wildman–Crippen MR) is 72.7 cm³/mol. The molecule has 0 aromatic carbocycles. The van der Waals surface area contributed by atoms with Crippen molar-refractivity contribution in [3.05, 3.63) is 47.2 Å². The smallest absolute Gasteiger partial charge is 0.148 e. The Labute approximate surface area is 108 Å². The standard InChI is InChI=1S/C14H18N4/c1-4-16-14-13(17-10(2)11(3)18-14)9-12-5-7-15-8-6-12/h5-8H,4,9H2,1-3H3,(H,16,18). The van der Waals surface area contributed by atoms with Gasteiger partial charge in [0.15, 0.2) is 0 Å². The molecule has 2 rings (SSSR count). The average Bonchev–Trinajstić information content (AvgIpc) is 2.37. The molecule has 2 heterocycles. The summed E-state index contributed by atoms with van der Waals surface area (Å²) in [6.07, 6.45) is 4.38. The zero-order chi connectivity index (χ0) is 13.0. The summed E-state index contributed by atoms with van der Waals surface area (Å²) in [6.45, 7) is 6.89. The SMILES string of the molecule is CCNc1nc(C)c(C)nc1Cc1ccncc1. The highest BCUT2D eigenvalue weighted by atomic mass is 15.0. The van der Waals surface area contributed by atoms with Gasteiger partial charge in [0.25, 0.3) is 0 Å². The average molecular weight is 242 g/mol. The third kappa shape index (κ3) is 2.83. The Morgan fingerprint density at radius 3 is 2.39 bits per heavy atom. The van der Waals surface area contributed by atoms with E-state index in [-0.39, 0.29) is 0 Å². The van der Waals surface area contributed by atoms with Crippen LogP contribution in [0.5, 0.6) is 0 Å². The summed E-state index contributed by atoms with van der Waals surface area (Å²) in [4.78, 5) is 13.2. The second kappa shape index (κ2) is 5.58. The predicted octanol–water partition coefficient (Wildman–Crippen LogP) is 2.51.